The summed E-state index contributed by atoms with van der Waals surface area (Å²) in [6.07, 6.45) is 0.722. The second-order valence-electron chi connectivity index (χ2n) is 3.82. The van der Waals surface area contributed by atoms with Crippen molar-refractivity contribution in [1.82, 2.24) is 0 Å². The number of hydrogen-bond donors (Lipinski definition) is 1. The van der Waals surface area contributed by atoms with Crippen molar-refractivity contribution in [2.24, 2.45) is 5.73 Å². The van der Waals surface area contributed by atoms with Gasteiger partial charge in [0, 0.05) is 4.90 Å². The molecule has 18 heavy (non-hydrogen) atoms. The van der Waals surface area contributed by atoms with Gasteiger partial charge in [0.1, 0.15) is 11.6 Å². The zero-order valence-corrected chi connectivity index (χ0v) is 10.5. The monoisotopic (exact) mass is 265 g/mol. The second-order valence-corrected chi connectivity index (χ2v) is 4.91. The summed E-state index contributed by atoms with van der Waals surface area (Å²) in [7, 11) is 0. The van der Waals surface area contributed by atoms with Gasteiger partial charge in [-0.05, 0) is 42.8 Å². The Hall–Kier alpha value is -1.39. The van der Waals surface area contributed by atoms with Crippen LogP contribution in [-0.4, -0.2) is 6.54 Å². The highest BCUT2D eigenvalue weighted by molar-refractivity contribution is 7.99. The van der Waals surface area contributed by atoms with Gasteiger partial charge in [-0.25, -0.2) is 8.78 Å². The van der Waals surface area contributed by atoms with E-state index in [4.69, 9.17) is 5.73 Å². The average molecular weight is 265 g/mol. The van der Waals surface area contributed by atoms with Crippen LogP contribution in [0.3, 0.4) is 0 Å². The molecule has 0 spiro atoms. The molecule has 0 aliphatic heterocycles. The lowest BCUT2D eigenvalue weighted by atomic mass is 10.1. The highest BCUT2D eigenvalue weighted by Gasteiger charge is 2.08. The van der Waals surface area contributed by atoms with Gasteiger partial charge in [0.25, 0.3) is 0 Å². The average Bonchev–Trinajstić information content (AvgIpc) is 2.36. The topological polar surface area (TPSA) is 26.0 Å². The third kappa shape index (κ3) is 3.09. The number of benzene rings is 2. The van der Waals surface area contributed by atoms with Crippen LogP contribution in [-0.2, 0) is 6.42 Å². The molecule has 0 bridgehead atoms. The molecule has 4 heteroatoms. The van der Waals surface area contributed by atoms with Crippen molar-refractivity contribution in [2.45, 2.75) is 16.2 Å². The Balaban J connectivity index is 2.30. The van der Waals surface area contributed by atoms with Gasteiger partial charge in [0.15, 0.2) is 0 Å². The Bertz CT molecular complexity index is 543. The second kappa shape index (κ2) is 5.98. The lowest BCUT2D eigenvalue weighted by Crippen LogP contribution is -2.03. The van der Waals surface area contributed by atoms with E-state index >= 15 is 0 Å². The van der Waals surface area contributed by atoms with E-state index in [0.29, 0.717) is 11.4 Å². The zero-order chi connectivity index (χ0) is 13.0. The summed E-state index contributed by atoms with van der Waals surface area (Å²) < 4.78 is 26.7. The molecule has 2 N–H and O–H groups in total. The standard InChI is InChI=1S/C14H13F2NS/c15-11-5-6-12(16)14(9-11)18-13-4-2-1-3-10(13)7-8-17/h1-6,9H,7-8,17H2. The van der Waals surface area contributed by atoms with Crippen LogP contribution in [0.25, 0.3) is 0 Å². The van der Waals surface area contributed by atoms with E-state index in [1.807, 2.05) is 24.3 Å². The third-order valence-corrected chi connectivity index (χ3v) is 3.65. The molecule has 0 aliphatic carbocycles. The summed E-state index contributed by atoms with van der Waals surface area (Å²) in [6.45, 7) is 0.531. The summed E-state index contributed by atoms with van der Waals surface area (Å²) in [5.41, 5.74) is 6.58. The van der Waals surface area contributed by atoms with Crippen molar-refractivity contribution in [2.75, 3.05) is 6.54 Å². The molecule has 0 atom stereocenters. The first-order valence-corrected chi connectivity index (χ1v) is 6.43. The van der Waals surface area contributed by atoms with Crippen molar-refractivity contribution < 1.29 is 8.78 Å². The molecular formula is C14H13F2NS. The quantitative estimate of drug-likeness (QED) is 0.913. The molecule has 0 saturated heterocycles. The SMILES string of the molecule is NCCc1ccccc1Sc1cc(F)ccc1F. The van der Waals surface area contributed by atoms with E-state index in [2.05, 4.69) is 0 Å². The minimum atomic E-state index is -0.435. The molecule has 0 unspecified atom stereocenters. The molecule has 0 fully saturated rings. The maximum absolute atomic E-state index is 13.6. The van der Waals surface area contributed by atoms with Crippen LogP contribution in [0.1, 0.15) is 5.56 Å². The number of halogens is 2. The fraction of sp³-hybridized carbons (Fsp3) is 0.143. The fourth-order valence-corrected chi connectivity index (χ4v) is 2.66. The Morgan fingerprint density at radius 2 is 1.78 bits per heavy atom. The van der Waals surface area contributed by atoms with Crippen LogP contribution in [0.15, 0.2) is 52.3 Å². The van der Waals surface area contributed by atoms with E-state index in [-0.39, 0.29) is 0 Å². The van der Waals surface area contributed by atoms with E-state index in [9.17, 15) is 8.78 Å². The predicted octanol–water partition coefficient (Wildman–Crippen LogP) is 3.62. The smallest absolute Gasteiger partial charge is 0.137 e. The van der Waals surface area contributed by atoms with Gasteiger partial charge < -0.3 is 5.73 Å². The molecule has 0 aromatic heterocycles. The van der Waals surface area contributed by atoms with Gasteiger partial charge in [-0.2, -0.15) is 0 Å². The summed E-state index contributed by atoms with van der Waals surface area (Å²) in [4.78, 5) is 1.20. The molecule has 0 amide bonds. The van der Waals surface area contributed by atoms with Crippen LogP contribution in [0, 0.1) is 11.6 Å². The molecule has 0 saturated carbocycles. The molecule has 1 nitrogen and oxygen atoms in total. The maximum Gasteiger partial charge on any atom is 0.137 e. The van der Waals surface area contributed by atoms with Crippen molar-refractivity contribution >= 4 is 11.8 Å². The predicted molar refractivity (Wildman–Crippen MR) is 69.7 cm³/mol. The van der Waals surface area contributed by atoms with E-state index < -0.39 is 11.6 Å². The molecule has 2 aromatic carbocycles. The van der Waals surface area contributed by atoms with Gasteiger partial charge >= 0.3 is 0 Å². The summed E-state index contributed by atoms with van der Waals surface area (Å²) in [5, 5.41) is 0. The van der Waals surface area contributed by atoms with Gasteiger partial charge in [0.2, 0.25) is 0 Å². The highest BCUT2D eigenvalue weighted by Crippen LogP contribution is 2.32. The Labute approximate surface area is 109 Å². The lowest BCUT2D eigenvalue weighted by Gasteiger charge is -2.08. The van der Waals surface area contributed by atoms with E-state index in [1.54, 1.807) is 0 Å². The van der Waals surface area contributed by atoms with Crippen LogP contribution < -0.4 is 5.73 Å². The Kier molecular flexibility index (Phi) is 4.33. The first kappa shape index (κ1) is 13.1. The Morgan fingerprint density at radius 3 is 2.56 bits per heavy atom. The number of nitrogens with two attached hydrogens (primary N) is 1. The summed E-state index contributed by atoms with van der Waals surface area (Å²) in [6, 6.07) is 11.1. The van der Waals surface area contributed by atoms with Crippen molar-refractivity contribution in [3.05, 3.63) is 59.7 Å². The highest BCUT2D eigenvalue weighted by atomic mass is 32.2. The largest absolute Gasteiger partial charge is 0.330 e. The van der Waals surface area contributed by atoms with Crippen LogP contribution in [0.2, 0.25) is 0 Å². The van der Waals surface area contributed by atoms with Crippen LogP contribution >= 0.6 is 11.8 Å². The summed E-state index contributed by atoms with van der Waals surface area (Å²) in [5.74, 6) is -0.848. The van der Waals surface area contributed by atoms with E-state index in [0.717, 1.165) is 29.0 Å². The van der Waals surface area contributed by atoms with Crippen LogP contribution in [0.4, 0.5) is 8.78 Å². The minimum Gasteiger partial charge on any atom is -0.330 e. The molecule has 2 rings (SSSR count). The lowest BCUT2D eigenvalue weighted by molar-refractivity contribution is 0.577. The number of rotatable bonds is 4. The van der Waals surface area contributed by atoms with Crippen molar-refractivity contribution in [3.63, 3.8) is 0 Å². The molecule has 0 heterocycles. The Morgan fingerprint density at radius 1 is 1.00 bits per heavy atom. The molecule has 0 aliphatic rings. The minimum absolute atomic E-state index is 0.291. The maximum atomic E-state index is 13.6. The van der Waals surface area contributed by atoms with Crippen molar-refractivity contribution in [3.8, 4) is 0 Å². The van der Waals surface area contributed by atoms with Crippen molar-refractivity contribution in [1.29, 1.82) is 0 Å². The van der Waals surface area contributed by atoms with Crippen LogP contribution in [0.5, 0.6) is 0 Å². The fourth-order valence-electron chi connectivity index (χ4n) is 1.64. The molecular weight excluding hydrogens is 252 g/mol. The third-order valence-electron chi connectivity index (χ3n) is 2.50. The molecule has 94 valence electrons. The number of hydrogen-bond acceptors (Lipinski definition) is 2. The van der Waals surface area contributed by atoms with Gasteiger partial charge in [-0.15, -0.1) is 0 Å². The normalized spacial score (nSPS) is 10.6. The first-order valence-electron chi connectivity index (χ1n) is 5.61. The first-order chi connectivity index (χ1) is 8.70. The van der Waals surface area contributed by atoms with Gasteiger partial charge in [0.05, 0.1) is 4.90 Å². The molecule has 2 aromatic rings. The summed E-state index contributed by atoms with van der Waals surface area (Å²) >= 11 is 1.22. The van der Waals surface area contributed by atoms with Gasteiger partial charge in [-0.1, -0.05) is 30.0 Å². The molecule has 0 radical (unpaired) electrons. The van der Waals surface area contributed by atoms with Gasteiger partial charge in [-0.3, -0.25) is 0 Å². The van der Waals surface area contributed by atoms with E-state index in [1.165, 1.54) is 17.8 Å². The zero-order valence-electron chi connectivity index (χ0n) is 9.70.